The number of carbonyl (C=O) groups excluding carboxylic acids is 1. The number of nitrogens with zero attached hydrogens (tertiary/aromatic N) is 2. The molecule has 0 atom stereocenters. The lowest BCUT2D eigenvalue weighted by Gasteiger charge is -2.09. The van der Waals surface area contributed by atoms with Gasteiger partial charge in [0.1, 0.15) is 5.84 Å². The SMILES string of the molecule is C=C=C(N)N=C(/C=C\C)n1ccc2c(C(=O)NCc3cccc(Cl)c3)cccc21. The van der Waals surface area contributed by atoms with Crippen LogP contribution in [0.15, 0.2) is 90.0 Å². The smallest absolute Gasteiger partial charge is 0.252 e. The summed E-state index contributed by atoms with van der Waals surface area (Å²) in [7, 11) is 0. The highest BCUT2D eigenvalue weighted by Crippen LogP contribution is 2.21. The number of rotatable bonds is 5. The third-order valence-corrected chi connectivity index (χ3v) is 4.53. The van der Waals surface area contributed by atoms with Crippen LogP contribution in [0.5, 0.6) is 0 Å². The number of fused-ring (bicyclic) bond motifs is 1. The van der Waals surface area contributed by atoms with Crippen LogP contribution in [-0.4, -0.2) is 16.3 Å². The van der Waals surface area contributed by atoms with Gasteiger partial charge in [-0.2, -0.15) is 0 Å². The lowest BCUT2D eigenvalue weighted by atomic mass is 10.1. The molecule has 146 valence electrons. The predicted octanol–water partition coefficient (Wildman–Crippen LogP) is 4.63. The number of allylic oxidation sites excluding steroid dienone is 2. The summed E-state index contributed by atoms with van der Waals surface area (Å²) in [4.78, 5) is 17.1. The van der Waals surface area contributed by atoms with E-state index in [1.165, 1.54) is 0 Å². The van der Waals surface area contributed by atoms with Crippen LogP contribution in [0.2, 0.25) is 5.02 Å². The fourth-order valence-electron chi connectivity index (χ4n) is 2.97. The van der Waals surface area contributed by atoms with Crippen molar-refractivity contribution >= 4 is 34.2 Å². The Morgan fingerprint density at radius 3 is 2.83 bits per heavy atom. The molecule has 1 heterocycles. The first-order valence-electron chi connectivity index (χ1n) is 9.03. The first-order valence-corrected chi connectivity index (χ1v) is 9.41. The fourth-order valence-corrected chi connectivity index (χ4v) is 3.19. The van der Waals surface area contributed by atoms with Gasteiger partial charge in [-0.15, -0.1) is 0 Å². The van der Waals surface area contributed by atoms with Crippen molar-refractivity contribution in [1.82, 2.24) is 9.88 Å². The van der Waals surface area contributed by atoms with Crippen LogP contribution in [0, 0.1) is 0 Å². The Balaban J connectivity index is 1.94. The number of amides is 1. The summed E-state index contributed by atoms with van der Waals surface area (Å²) in [6, 6.07) is 14.9. The van der Waals surface area contributed by atoms with Crippen molar-refractivity contribution < 1.29 is 4.79 Å². The van der Waals surface area contributed by atoms with Crippen LogP contribution in [0.4, 0.5) is 0 Å². The van der Waals surface area contributed by atoms with Crippen molar-refractivity contribution in [1.29, 1.82) is 0 Å². The molecule has 0 unspecified atom stereocenters. The molecule has 3 rings (SSSR count). The molecule has 2 aromatic carbocycles. The molecule has 0 aliphatic rings. The molecule has 0 bridgehead atoms. The number of aromatic nitrogens is 1. The third kappa shape index (κ3) is 4.66. The predicted molar refractivity (Wildman–Crippen MR) is 119 cm³/mol. The maximum Gasteiger partial charge on any atom is 0.252 e. The number of benzene rings is 2. The Morgan fingerprint density at radius 1 is 1.31 bits per heavy atom. The normalized spacial score (nSPS) is 11.6. The number of nitrogens with two attached hydrogens (primary N) is 1. The van der Waals surface area contributed by atoms with Crippen LogP contribution < -0.4 is 11.1 Å². The van der Waals surface area contributed by atoms with E-state index in [-0.39, 0.29) is 11.7 Å². The fraction of sp³-hybridized carbons (Fsp3) is 0.0870. The molecule has 0 fully saturated rings. The van der Waals surface area contributed by atoms with Crippen molar-refractivity contribution in [3.8, 4) is 0 Å². The van der Waals surface area contributed by atoms with Crippen LogP contribution in [0.25, 0.3) is 10.9 Å². The highest BCUT2D eigenvalue weighted by atomic mass is 35.5. The second-order valence-corrected chi connectivity index (χ2v) is 6.71. The average Bonchev–Trinajstić information content (AvgIpc) is 3.15. The Morgan fingerprint density at radius 2 is 2.10 bits per heavy atom. The number of nitrogens with one attached hydrogen (secondary N) is 1. The maximum atomic E-state index is 12.8. The summed E-state index contributed by atoms with van der Waals surface area (Å²) in [5.74, 6) is 0.631. The zero-order valence-corrected chi connectivity index (χ0v) is 16.8. The highest BCUT2D eigenvalue weighted by molar-refractivity contribution is 6.30. The second-order valence-electron chi connectivity index (χ2n) is 6.27. The van der Waals surface area contributed by atoms with Gasteiger partial charge in [0, 0.05) is 28.7 Å². The number of carbonyl (C=O) groups is 1. The van der Waals surface area contributed by atoms with E-state index in [2.05, 4.69) is 22.6 Å². The Hall–Kier alpha value is -3.53. The second kappa shape index (κ2) is 9.11. The first-order chi connectivity index (χ1) is 14.0. The molecular weight excluding hydrogens is 384 g/mol. The summed E-state index contributed by atoms with van der Waals surface area (Å²) in [5.41, 5.74) is 10.7. The van der Waals surface area contributed by atoms with Crippen molar-refractivity contribution in [2.24, 2.45) is 10.7 Å². The minimum atomic E-state index is -0.164. The van der Waals surface area contributed by atoms with Crippen molar-refractivity contribution in [3.05, 3.63) is 101 Å². The molecule has 0 aliphatic carbocycles. The standard InChI is InChI=1S/C23H21ClN4O/c1-3-7-22(27-21(25)4-2)28-13-12-18-19(10-6-11-20(18)28)23(29)26-15-16-8-5-9-17(24)14-16/h3,5-14H,2,15,25H2,1H3,(H,26,29)/b7-3-,27-22?. The lowest BCUT2D eigenvalue weighted by Crippen LogP contribution is -2.23. The zero-order valence-electron chi connectivity index (χ0n) is 16.0. The van der Waals surface area contributed by atoms with E-state index in [0.717, 1.165) is 16.5 Å². The summed E-state index contributed by atoms with van der Waals surface area (Å²) < 4.78 is 1.87. The lowest BCUT2D eigenvalue weighted by molar-refractivity contribution is 0.0952. The molecule has 6 heteroatoms. The molecular formula is C23H21ClN4O. The molecule has 3 aromatic rings. The van der Waals surface area contributed by atoms with Gasteiger partial charge in [-0.3, -0.25) is 4.79 Å². The minimum Gasteiger partial charge on any atom is -0.377 e. The van der Waals surface area contributed by atoms with E-state index in [0.29, 0.717) is 23.0 Å². The molecule has 0 aliphatic heterocycles. The Labute approximate surface area is 174 Å². The maximum absolute atomic E-state index is 12.8. The highest BCUT2D eigenvalue weighted by Gasteiger charge is 2.13. The molecule has 0 saturated carbocycles. The van der Waals surface area contributed by atoms with Crippen molar-refractivity contribution in [2.45, 2.75) is 13.5 Å². The summed E-state index contributed by atoms with van der Waals surface area (Å²) in [6.45, 7) is 5.80. The molecule has 0 spiro atoms. The molecule has 0 saturated heterocycles. The number of aliphatic imine (C=N–C) groups is 1. The van der Waals surface area contributed by atoms with E-state index in [1.807, 2.05) is 66.2 Å². The van der Waals surface area contributed by atoms with Gasteiger partial charge >= 0.3 is 0 Å². The first kappa shape index (κ1) is 20.2. The van der Waals surface area contributed by atoms with Gasteiger partial charge in [0.05, 0.1) is 5.52 Å². The monoisotopic (exact) mass is 404 g/mol. The van der Waals surface area contributed by atoms with Gasteiger partial charge < -0.3 is 15.6 Å². The Bertz CT molecular complexity index is 1170. The summed E-state index contributed by atoms with van der Waals surface area (Å²) in [6.07, 6.45) is 5.55. The van der Waals surface area contributed by atoms with Crippen LogP contribution in [0.1, 0.15) is 22.8 Å². The summed E-state index contributed by atoms with van der Waals surface area (Å²) >= 11 is 6.01. The molecule has 1 amide bonds. The topological polar surface area (TPSA) is 72.4 Å². The van der Waals surface area contributed by atoms with Crippen LogP contribution in [0.3, 0.4) is 0 Å². The zero-order chi connectivity index (χ0) is 20.8. The van der Waals surface area contributed by atoms with Crippen molar-refractivity contribution in [3.63, 3.8) is 0 Å². The van der Waals surface area contributed by atoms with E-state index >= 15 is 0 Å². The van der Waals surface area contributed by atoms with E-state index in [4.69, 9.17) is 17.3 Å². The number of halogens is 1. The number of hydrogen-bond acceptors (Lipinski definition) is 3. The van der Waals surface area contributed by atoms with E-state index < -0.39 is 0 Å². The van der Waals surface area contributed by atoms with Gasteiger partial charge in [0.25, 0.3) is 5.91 Å². The van der Waals surface area contributed by atoms with Gasteiger partial charge in [0.2, 0.25) is 0 Å². The number of hydrogen-bond donors (Lipinski definition) is 2. The van der Waals surface area contributed by atoms with Gasteiger partial charge in [-0.1, -0.05) is 48.2 Å². The quantitative estimate of drug-likeness (QED) is 0.369. The molecule has 3 N–H and O–H groups in total. The third-order valence-electron chi connectivity index (χ3n) is 4.30. The van der Waals surface area contributed by atoms with Crippen LogP contribution in [-0.2, 0) is 6.54 Å². The molecule has 0 radical (unpaired) electrons. The molecule has 29 heavy (non-hydrogen) atoms. The van der Waals surface area contributed by atoms with Crippen LogP contribution >= 0.6 is 11.6 Å². The average molecular weight is 405 g/mol. The van der Waals surface area contributed by atoms with Crippen molar-refractivity contribution in [2.75, 3.05) is 0 Å². The minimum absolute atomic E-state index is 0.164. The Kier molecular flexibility index (Phi) is 6.35. The largest absolute Gasteiger partial charge is 0.377 e. The van der Waals surface area contributed by atoms with Gasteiger partial charge in [-0.25, -0.2) is 4.99 Å². The summed E-state index contributed by atoms with van der Waals surface area (Å²) in [5, 5.41) is 4.40. The van der Waals surface area contributed by atoms with E-state index in [9.17, 15) is 4.79 Å². The van der Waals surface area contributed by atoms with Gasteiger partial charge in [0.15, 0.2) is 5.82 Å². The van der Waals surface area contributed by atoms with E-state index in [1.54, 1.807) is 12.1 Å². The van der Waals surface area contributed by atoms with Gasteiger partial charge in [-0.05, 0) is 48.9 Å². The molecule has 5 nitrogen and oxygen atoms in total. The molecule has 1 aromatic heterocycles.